The largest absolute Gasteiger partial charge is 0.512 e. The maximum atomic E-state index is 9.74. The summed E-state index contributed by atoms with van der Waals surface area (Å²) in [7, 11) is -0.693. The molecule has 1 nitrogen and oxygen atoms in total. The van der Waals surface area contributed by atoms with Crippen molar-refractivity contribution in [2.45, 2.75) is 37.4 Å². The van der Waals surface area contributed by atoms with Crippen LogP contribution >= 0.6 is 0 Å². The number of hydrogen-bond donors (Lipinski definition) is 1. The average molecular weight is 168 g/mol. The number of fused-ring (bicyclic) bond motifs is 2. The van der Waals surface area contributed by atoms with E-state index in [0.717, 1.165) is 11.7 Å². The molecule has 62 valence electrons. The monoisotopic (exact) mass is 168 g/mol. The summed E-state index contributed by atoms with van der Waals surface area (Å²) in [6.07, 6.45) is 5.97. The summed E-state index contributed by atoms with van der Waals surface area (Å²) in [5, 5.41) is 10.1. The second kappa shape index (κ2) is 2.13. The van der Waals surface area contributed by atoms with E-state index < -0.39 is 8.80 Å². The fourth-order valence-electron chi connectivity index (χ4n) is 2.70. The highest BCUT2D eigenvalue weighted by atomic mass is 28.3. The molecule has 2 bridgehead atoms. The van der Waals surface area contributed by atoms with Gasteiger partial charge in [0.2, 0.25) is 0 Å². The van der Waals surface area contributed by atoms with Gasteiger partial charge in [-0.25, -0.2) is 0 Å². The SMILES string of the molecule is C[SiH](C)C12CCC(C=C1O)C2. The van der Waals surface area contributed by atoms with Crippen LogP contribution in [-0.2, 0) is 0 Å². The Labute approximate surface area is 69.7 Å². The van der Waals surface area contributed by atoms with Gasteiger partial charge < -0.3 is 5.11 Å². The number of hydrogen-bond acceptors (Lipinski definition) is 1. The second-order valence-electron chi connectivity index (χ2n) is 4.37. The van der Waals surface area contributed by atoms with Gasteiger partial charge >= 0.3 is 0 Å². The third-order valence-electron chi connectivity index (χ3n) is 3.60. The van der Waals surface area contributed by atoms with Crippen molar-refractivity contribution in [2.24, 2.45) is 5.92 Å². The molecular weight excluding hydrogens is 152 g/mol. The summed E-state index contributed by atoms with van der Waals surface area (Å²) in [6.45, 7) is 4.72. The van der Waals surface area contributed by atoms with Crippen LogP contribution in [0, 0.1) is 5.92 Å². The first kappa shape index (κ1) is 7.41. The van der Waals surface area contributed by atoms with Crippen molar-refractivity contribution in [3.63, 3.8) is 0 Å². The Morgan fingerprint density at radius 2 is 2.36 bits per heavy atom. The molecule has 0 saturated heterocycles. The molecule has 1 saturated carbocycles. The molecule has 2 aliphatic carbocycles. The molecule has 2 atom stereocenters. The van der Waals surface area contributed by atoms with Gasteiger partial charge in [-0.15, -0.1) is 0 Å². The van der Waals surface area contributed by atoms with Gasteiger partial charge in [0, 0.05) is 13.8 Å². The topological polar surface area (TPSA) is 20.2 Å². The van der Waals surface area contributed by atoms with Crippen LogP contribution in [0.3, 0.4) is 0 Å². The highest BCUT2D eigenvalue weighted by molar-refractivity contribution is 6.60. The third-order valence-corrected chi connectivity index (χ3v) is 6.63. The van der Waals surface area contributed by atoms with Gasteiger partial charge in [0.15, 0.2) is 0 Å². The minimum atomic E-state index is -0.693. The summed E-state index contributed by atoms with van der Waals surface area (Å²) in [4.78, 5) is 0. The molecule has 2 heteroatoms. The molecule has 0 aliphatic heterocycles. The van der Waals surface area contributed by atoms with E-state index in [9.17, 15) is 5.11 Å². The molecule has 1 N–H and O–H groups in total. The van der Waals surface area contributed by atoms with Crippen molar-refractivity contribution in [2.75, 3.05) is 0 Å². The van der Waals surface area contributed by atoms with Crippen LogP contribution in [0.4, 0.5) is 0 Å². The Hall–Kier alpha value is -0.243. The van der Waals surface area contributed by atoms with Crippen molar-refractivity contribution in [3.05, 3.63) is 11.8 Å². The average Bonchev–Trinajstić information content (AvgIpc) is 2.43. The molecule has 0 amide bonds. The van der Waals surface area contributed by atoms with Gasteiger partial charge in [0.1, 0.15) is 0 Å². The van der Waals surface area contributed by atoms with Gasteiger partial charge in [0.05, 0.1) is 5.76 Å². The molecule has 0 spiro atoms. The van der Waals surface area contributed by atoms with E-state index in [1.807, 2.05) is 0 Å². The Balaban J connectivity index is 2.33. The summed E-state index contributed by atoms with van der Waals surface area (Å²) in [6, 6.07) is 0. The Morgan fingerprint density at radius 3 is 2.64 bits per heavy atom. The lowest BCUT2D eigenvalue weighted by molar-refractivity contribution is 0.344. The second-order valence-corrected chi connectivity index (χ2v) is 7.78. The van der Waals surface area contributed by atoms with E-state index in [1.54, 1.807) is 0 Å². The number of allylic oxidation sites excluding steroid dienone is 2. The molecule has 0 aromatic carbocycles. The molecule has 0 radical (unpaired) electrons. The lowest BCUT2D eigenvalue weighted by Gasteiger charge is -2.29. The highest BCUT2D eigenvalue weighted by Gasteiger charge is 2.49. The van der Waals surface area contributed by atoms with Gasteiger partial charge in [-0.2, -0.15) is 0 Å². The van der Waals surface area contributed by atoms with Crippen LogP contribution in [0.1, 0.15) is 19.3 Å². The van der Waals surface area contributed by atoms with E-state index in [0.29, 0.717) is 5.04 Å². The fourth-order valence-corrected chi connectivity index (χ4v) is 4.91. The predicted molar refractivity (Wildman–Crippen MR) is 49.6 cm³/mol. The van der Waals surface area contributed by atoms with Crippen molar-refractivity contribution in [3.8, 4) is 0 Å². The summed E-state index contributed by atoms with van der Waals surface area (Å²) < 4.78 is 0. The van der Waals surface area contributed by atoms with Crippen LogP contribution in [0.25, 0.3) is 0 Å². The summed E-state index contributed by atoms with van der Waals surface area (Å²) in [5.41, 5.74) is 0. The van der Waals surface area contributed by atoms with Gasteiger partial charge in [-0.05, 0) is 31.3 Å². The van der Waals surface area contributed by atoms with Crippen molar-refractivity contribution in [1.29, 1.82) is 0 Å². The molecule has 0 aromatic heterocycles. The Bertz CT molecular complexity index is 210. The lowest BCUT2D eigenvalue weighted by atomic mass is 10.1. The first-order valence-electron chi connectivity index (χ1n) is 4.56. The Kier molecular flexibility index (Phi) is 1.43. The van der Waals surface area contributed by atoms with E-state index in [1.165, 1.54) is 19.3 Å². The predicted octanol–water partition coefficient (Wildman–Crippen LogP) is 2.47. The summed E-state index contributed by atoms with van der Waals surface area (Å²) in [5.74, 6) is 1.47. The molecule has 2 unspecified atom stereocenters. The van der Waals surface area contributed by atoms with Crippen LogP contribution in [0.15, 0.2) is 11.8 Å². The zero-order chi connectivity index (χ0) is 8.06. The van der Waals surface area contributed by atoms with Crippen molar-refractivity contribution >= 4 is 8.80 Å². The minimum Gasteiger partial charge on any atom is -0.512 e. The van der Waals surface area contributed by atoms with E-state index in [4.69, 9.17) is 0 Å². The van der Waals surface area contributed by atoms with E-state index in [-0.39, 0.29) is 0 Å². The van der Waals surface area contributed by atoms with Crippen LogP contribution < -0.4 is 0 Å². The van der Waals surface area contributed by atoms with Crippen LogP contribution in [0.2, 0.25) is 18.1 Å². The van der Waals surface area contributed by atoms with E-state index >= 15 is 0 Å². The van der Waals surface area contributed by atoms with Crippen LogP contribution in [0.5, 0.6) is 0 Å². The summed E-state index contributed by atoms with van der Waals surface area (Å²) >= 11 is 0. The zero-order valence-corrected chi connectivity index (χ0v) is 8.46. The Morgan fingerprint density at radius 1 is 1.64 bits per heavy atom. The molecule has 1 fully saturated rings. The minimum absolute atomic E-state index is 0.324. The number of rotatable bonds is 1. The smallest absolute Gasteiger partial charge is 0.0916 e. The van der Waals surface area contributed by atoms with Crippen molar-refractivity contribution in [1.82, 2.24) is 0 Å². The quantitative estimate of drug-likeness (QED) is 0.596. The molecule has 2 rings (SSSR count). The molecule has 0 aromatic rings. The zero-order valence-electron chi connectivity index (χ0n) is 7.30. The van der Waals surface area contributed by atoms with Gasteiger partial charge in [-0.1, -0.05) is 13.1 Å². The number of aliphatic hydroxyl groups excluding tert-OH is 1. The maximum absolute atomic E-state index is 9.74. The standard InChI is InChI=1S/C9H16OSi/c1-11(2)9-4-3-7(6-9)5-8(9)10/h5,7,10-11H,3-4,6H2,1-2H3. The fraction of sp³-hybridized carbons (Fsp3) is 0.778. The normalized spacial score (nSPS) is 41.7. The maximum Gasteiger partial charge on any atom is 0.0916 e. The highest BCUT2D eigenvalue weighted by Crippen LogP contribution is 2.60. The van der Waals surface area contributed by atoms with Gasteiger partial charge in [-0.3, -0.25) is 0 Å². The third kappa shape index (κ3) is 0.820. The number of aliphatic hydroxyl groups is 1. The molecule has 2 aliphatic rings. The molecule has 0 heterocycles. The first-order valence-corrected chi connectivity index (χ1v) is 7.45. The molecule has 11 heavy (non-hydrogen) atoms. The van der Waals surface area contributed by atoms with E-state index in [2.05, 4.69) is 19.2 Å². The lowest BCUT2D eigenvalue weighted by Crippen LogP contribution is -2.25. The van der Waals surface area contributed by atoms with Gasteiger partial charge in [0.25, 0.3) is 0 Å². The van der Waals surface area contributed by atoms with Crippen molar-refractivity contribution < 1.29 is 5.11 Å². The van der Waals surface area contributed by atoms with Crippen LogP contribution in [-0.4, -0.2) is 13.9 Å². The molecular formula is C9H16OSi. The first-order chi connectivity index (χ1) is 5.15.